The summed E-state index contributed by atoms with van der Waals surface area (Å²) in [5.74, 6) is 0.258. The Morgan fingerprint density at radius 3 is 2.57 bits per heavy atom. The second-order valence-electron chi connectivity index (χ2n) is 4.55. The lowest BCUT2D eigenvalue weighted by Crippen LogP contribution is -2.24. The van der Waals surface area contributed by atoms with Crippen LogP contribution in [0, 0.1) is 5.82 Å². The first-order chi connectivity index (χ1) is 10.1. The van der Waals surface area contributed by atoms with Gasteiger partial charge in [-0.3, -0.25) is 0 Å². The van der Waals surface area contributed by atoms with Crippen LogP contribution >= 0.6 is 43.2 Å². The Labute approximate surface area is 145 Å². The molecule has 1 atom stereocenters. The minimum absolute atomic E-state index is 0.187. The minimum atomic E-state index is -0.267. The lowest BCUT2D eigenvalue weighted by molar-refractivity contribution is 0.410. The Bertz CT molecular complexity index is 618. The normalized spacial score (nSPS) is 12.4. The van der Waals surface area contributed by atoms with E-state index in [4.69, 9.17) is 4.74 Å². The molecule has 1 heterocycles. The molecule has 0 saturated heterocycles. The van der Waals surface area contributed by atoms with E-state index in [0.717, 1.165) is 26.1 Å². The van der Waals surface area contributed by atoms with Crippen molar-refractivity contribution in [3.8, 4) is 5.75 Å². The van der Waals surface area contributed by atoms with Gasteiger partial charge in [-0.1, -0.05) is 13.0 Å². The van der Waals surface area contributed by atoms with Gasteiger partial charge in [0.2, 0.25) is 0 Å². The molecule has 0 aliphatic carbocycles. The third-order valence-electron chi connectivity index (χ3n) is 3.11. The van der Waals surface area contributed by atoms with Crippen LogP contribution in [0.5, 0.6) is 5.75 Å². The number of methoxy groups -OCH3 is 1. The molecule has 1 aromatic carbocycles. The summed E-state index contributed by atoms with van der Waals surface area (Å²) in [5, 5.41) is 3.41. The predicted molar refractivity (Wildman–Crippen MR) is 92.8 cm³/mol. The van der Waals surface area contributed by atoms with E-state index in [1.165, 1.54) is 13.2 Å². The van der Waals surface area contributed by atoms with E-state index in [1.807, 2.05) is 6.07 Å². The van der Waals surface area contributed by atoms with Crippen molar-refractivity contribution in [2.75, 3.05) is 13.7 Å². The smallest absolute Gasteiger partial charge is 0.132 e. The molecule has 0 saturated carbocycles. The van der Waals surface area contributed by atoms with Gasteiger partial charge in [-0.25, -0.2) is 4.39 Å². The van der Waals surface area contributed by atoms with E-state index in [0.29, 0.717) is 11.3 Å². The van der Waals surface area contributed by atoms with Crippen LogP contribution in [0.3, 0.4) is 0 Å². The first kappa shape index (κ1) is 16.9. The molecule has 2 nitrogen and oxygen atoms in total. The quantitative estimate of drug-likeness (QED) is 0.644. The zero-order chi connectivity index (χ0) is 15.4. The number of nitrogens with one attached hydrogen (secondary N) is 1. The average molecular weight is 437 g/mol. The molecule has 6 heteroatoms. The number of halogens is 3. The van der Waals surface area contributed by atoms with E-state index in [9.17, 15) is 4.39 Å². The molecule has 0 bridgehead atoms. The number of benzene rings is 1. The van der Waals surface area contributed by atoms with Crippen LogP contribution in [-0.2, 0) is 0 Å². The molecule has 1 aromatic heterocycles. The molecule has 0 aliphatic heterocycles. The monoisotopic (exact) mass is 435 g/mol. The largest absolute Gasteiger partial charge is 0.497 e. The zero-order valence-corrected chi connectivity index (χ0v) is 15.7. The fourth-order valence-electron chi connectivity index (χ4n) is 2.09. The SMILES string of the molecule is CCCNC(c1ccc(OC)cc1F)c1cc(Br)sc1Br. The molecular formula is C15H16Br2FNOS. The summed E-state index contributed by atoms with van der Waals surface area (Å²) in [7, 11) is 1.54. The minimum Gasteiger partial charge on any atom is -0.497 e. The van der Waals surface area contributed by atoms with Gasteiger partial charge < -0.3 is 10.1 Å². The van der Waals surface area contributed by atoms with Crippen LogP contribution < -0.4 is 10.1 Å². The van der Waals surface area contributed by atoms with Gasteiger partial charge in [-0.15, -0.1) is 11.3 Å². The van der Waals surface area contributed by atoms with Crippen molar-refractivity contribution in [2.24, 2.45) is 0 Å². The van der Waals surface area contributed by atoms with Crippen LogP contribution in [-0.4, -0.2) is 13.7 Å². The molecule has 0 radical (unpaired) electrons. The van der Waals surface area contributed by atoms with E-state index >= 15 is 0 Å². The Kier molecular flexibility index (Phi) is 6.22. The van der Waals surface area contributed by atoms with Gasteiger partial charge >= 0.3 is 0 Å². The number of hydrogen-bond donors (Lipinski definition) is 1. The first-order valence-electron chi connectivity index (χ1n) is 6.58. The van der Waals surface area contributed by atoms with Gasteiger partial charge in [-0.2, -0.15) is 0 Å². The highest BCUT2D eigenvalue weighted by molar-refractivity contribution is 9.12. The first-order valence-corrected chi connectivity index (χ1v) is 8.98. The summed E-state index contributed by atoms with van der Waals surface area (Å²) in [5.41, 5.74) is 1.65. The van der Waals surface area contributed by atoms with Crippen molar-refractivity contribution < 1.29 is 9.13 Å². The van der Waals surface area contributed by atoms with E-state index in [1.54, 1.807) is 23.5 Å². The van der Waals surface area contributed by atoms with Gasteiger partial charge in [0.1, 0.15) is 11.6 Å². The number of hydrogen-bond acceptors (Lipinski definition) is 3. The Hall–Kier alpha value is -0.430. The summed E-state index contributed by atoms with van der Waals surface area (Å²) in [4.78, 5) is 0. The molecule has 21 heavy (non-hydrogen) atoms. The second-order valence-corrected chi connectivity index (χ2v) is 8.30. The highest BCUT2D eigenvalue weighted by Crippen LogP contribution is 2.38. The summed E-state index contributed by atoms with van der Waals surface area (Å²) in [6, 6.07) is 6.82. The molecule has 1 unspecified atom stereocenters. The Balaban J connectivity index is 2.42. The lowest BCUT2D eigenvalue weighted by Gasteiger charge is -2.20. The van der Waals surface area contributed by atoms with Gasteiger partial charge in [0, 0.05) is 11.6 Å². The molecule has 0 spiro atoms. The van der Waals surface area contributed by atoms with Gasteiger partial charge in [-0.05, 0) is 62.5 Å². The maximum absolute atomic E-state index is 14.4. The summed E-state index contributed by atoms with van der Waals surface area (Å²) >= 11 is 8.63. The average Bonchev–Trinajstić information content (AvgIpc) is 2.79. The summed E-state index contributed by atoms with van der Waals surface area (Å²) < 4.78 is 21.5. The number of ether oxygens (including phenoxy) is 1. The Morgan fingerprint density at radius 1 is 1.29 bits per heavy atom. The standard InChI is InChI=1S/C15H16Br2FNOS/c1-3-6-19-14(11-8-13(16)21-15(11)17)10-5-4-9(20-2)7-12(10)18/h4-5,7-8,14,19H,3,6H2,1-2H3. The van der Waals surface area contributed by atoms with Crippen molar-refractivity contribution in [1.82, 2.24) is 5.32 Å². The van der Waals surface area contributed by atoms with Crippen LogP contribution in [0.25, 0.3) is 0 Å². The molecule has 0 amide bonds. The lowest BCUT2D eigenvalue weighted by atomic mass is 10.0. The van der Waals surface area contributed by atoms with Gasteiger partial charge in [0.15, 0.2) is 0 Å². The number of rotatable bonds is 6. The Morgan fingerprint density at radius 2 is 2.05 bits per heavy atom. The van der Waals surface area contributed by atoms with E-state index in [-0.39, 0.29) is 11.9 Å². The molecule has 0 fully saturated rings. The van der Waals surface area contributed by atoms with E-state index in [2.05, 4.69) is 44.1 Å². The highest BCUT2D eigenvalue weighted by atomic mass is 79.9. The molecule has 2 aromatic rings. The second kappa shape index (κ2) is 7.72. The van der Waals surface area contributed by atoms with Crippen molar-refractivity contribution >= 4 is 43.2 Å². The van der Waals surface area contributed by atoms with Crippen molar-refractivity contribution in [2.45, 2.75) is 19.4 Å². The fraction of sp³-hybridized carbons (Fsp3) is 0.333. The number of thiophene rings is 1. The van der Waals surface area contributed by atoms with Crippen molar-refractivity contribution in [1.29, 1.82) is 0 Å². The molecule has 1 N–H and O–H groups in total. The molecule has 0 aliphatic rings. The third kappa shape index (κ3) is 4.06. The third-order valence-corrected chi connectivity index (χ3v) is 5.50. The van der Waals surface area contributed by atoms with Crippen LogP contribution in [0.15, 0.2) is 31.8 Å². The summed E-state index contributed by atoms with van der Waals surface area (Å²) in [6.07, 6.45) is 0.983. The maximum Gasteiger partial charge on any atom is 0.132 e. The van der Waals surface area contributed by atoms with E-state index < -0.39 is 0 Å². The van der Waals surface area contributed by atoms with Gasteiger partial charge in [0.25, 0.3) is 0 Å². The zero-order valence-electron chi connectivity index (χ0n) is 11.8. The molecular weight excluding hydrogens is 421 g/mol. The van der Waals surface area contributed by atoms with Crippen molar-refractivity contribution in [3.05, 3.63) is 48.8 Å². The maximum atomic E-state index is 14.4. The van der Waals surface area contributed by atoms with Crippen LogP contribution in [0.4, 0.5) is 4.39 Å². The summed E-state index contributed by atoms with van der Waals surface area (Å²) in [6.45, 7) is 2.91. The van der Waals surface area contributed by atoms with Crippen molar-refractivity contribution in [3.63, 3.8) is 0 Å². The predicted octanol–water partition coefficient (Wildman–Crippen LogP) is 5.51. The molecule has 114 valence electrons. The van der Waals surface area contributed by atoms with Crippen LogP contribution in [0.2, 0.25) is 0 Å². The van der Waals surface area contributed by atoms with Crippen LogP contribution in [0.1, 0.15) is 30.5 Å². The van der Waals surface area contributed by atoms with Gasteiger partial charge in [0.05, 0.1) is 20.7 Å². The molecule has 2 rings (SSSR count). The topological polar surface area (TPSA) is 21.3 Å². The fourth-order valence-corrected chi connectivity index (χ4v) is 5.00. The highest BCUT2D eigenvalue weighted by Gasteiger charge is 2.22.